The van der Waals surface area contributed by atoms with Gasteiger partial charge in [0.1, 0.15) is 0 Å². The van der Waals surface area contributed by atoms with Gasteiger partial charge in [-0.15, -0.1) is 0 Å². The lowest BCUT2D eigenvalue weighted by Gasteiger charge is -2.42. The van der Waals surface area contributed by atoms with E-state index in [0.717, 1.165) is 18.0 Å². The van der Waals surface area contributed by atoms with E-state index in [9.17, 15) is 0 Å². The van der Waals surface area contributed by atoms with E-state index >= 15 is 0 Å². The predicted molar refractivity (Wildman–Crippen MR) is 74.3 cm³/mol. The van der Waals surface area contributed by atoms with Crippen LogP contribution in [0, 0.1) is 5.92 Å². The molecule has 0 amide bonds. The summed E-state index contributed by atoms with van der Waals surface area (Å²) in [5, 5.41) is 3.57. The largest absolute Gasteiger partial charge is 0.315 e. The monoisotopic (exact) mass is 238 g/mol. The van der Waals surface area contributed by atoms with Crippen LogP contribution in [0.25, 0.3) is 0 Å². The Labute approximate surface area is 107 Å². The van der Waals surface area contributed by atoms with Crippen LogP contribution < -0.4 is 5.32 Å². The molecule has 17 heavy (non-hydrogen) atoms. The van der Waals surface area contributed by atoms with Crippen molar-refractivity contribution in [1.82, 2.24) is 10.2 Å². The molecule has 2 rings (SSSR count). The first-order valence-corrected chi connectivity index (χ1v) is 7.81. The number of piperidine rings is 1. The minimum absolute atomic E-state index is 0.817. The molecule has 2 heteroatoms. The first-order chi connectivity index (χ1) is 8.35. The number of nitrogens with one attached hydrogen (secondary N) is 1. The second-order valence-corrected chi connectivity index (χ2v) is 5.91. The van der Waals surface area contributed by atoms with Crippen molar-refractivity contribution >= 4 is 0 Å². The van der Waals surface area contributed by atoms with Gasteiger partial charge in [0, 0.05) is 18.6 Å². The summed E-state index contributed by atoms with van der Waals surface area (Å²) in [7, 11) is 0. The van der Waals surface area contributed by atoms with Crippen LogP contribution in [0.1, 0.15) is 58.8 Å². The van der Waals surface area contributed by atoms with Gasteiger partial charge < -0.3 is 5.32 Å². The van der Waals surface area contributed by atoms with E-state index in [1.807, 2.05) is 0 Å². The molecule has 1 N–H and O–H groups in total. The summed E-state index contributed by atoms with van der Waals surface area (Å²) in [4.78, 5) is 2.80. The molecule has 1 saturated carbocycles. The lowest BCUT2D eigenvalue weighted by molar-refractivity contribution is 0.0817. The van der Waals surface area contributed by atoms with Gasteiger partial charge in [-0.25, -0.2) is 0 Å². The van der Waals surface area contributed by atoms with Crippen molar-refractivity contribution < 1.29 is 0 Å². The number of hydrogen-bond donors (Lipinski definition) is 1. The molecular formula is C15H30N2. The zero-order chi connectivity index (χ0) is 12.1. The van der Waals surface area contributed by atoms with Crippen LogP contribution in [0.5, 0.6) is 0 Å². The van der Waals surface area contributed by atoms with Crippen LogP contribution in [0.4, 0.5) is 0 Å². The Balaban J connectivity index is 1.85. The SMILES string of the molecule is CCC1CCC(N(CC)C2CCCNC2)CC1. The highest BCUT2D eigenvalue weighted by Crippen LogP contribution is 2.31. The average molecular weight is 238 g/mol. The summed E-state index contributed by atoms with van der Waals surface area (Å²) in [5.74, 6) is 1.02. The molecule has 1 aliphatic carbocycles. The molecule has 1 heterocycles. The molecule has 2 aliphatic rings. The van der Waals surface area contributed by atoms with Crippen molar-refractivity contribution in [2.45, 2.75) is 70.9 Å². The fourth-order valence-corrected chi connectivity index (χ4v) is 3.82. The topological polar surface area (TPSA) is 15.3 Å². The summed E-state index contributed by atoms with van der Waals surface area (Å²) >= 11 is 0. The summed E-state index contributed by atoms with van der Waals surface area (Å²) in [6, 6.07) is 1.70. The van der Waals surface area contributed by atoms with Crippen LogP contribution >= 0.6 is 0 Å². The van der Waals surface area contributed by atoms with Gasteiger partial charge in [0.2, 0.25) is 0 Å². The van der Waals surface area contributed by atoms with Gasteiger partial charge in [-0.2, -0.15) is 0 Å². The van der Waals surface area contributed by atoms with Crippen molar-refractivity contribution in [3.05, 3.63) is 0 Å². The van der Waals surface area contributed by atoms with Crippen molar-refractivity contribution in [2.24, 2.45) is 5.92 Å². The first kappa shape index (κ1) is 13.4. The molecule has 0 aromatic rings. The Morgan fingerprint density at radius 1 is 1.00 bits per heavy atom. The van der Waals surface area contributed by atoms with E-state index in [0.29, 0.717) is 0 Å². The third-order valence-electron chi connectivity index (χ3n) is 4.97. The lowest BCUT2D eigenvalue weighted by Crippen LogP contribution is -2.51. The molecule has 2 nitrogen and oxygen atoms in total. The van der Waals surface area contributed by atoms with E-state index in [-0.39, 0.29) is 0 Å². The van der Waals surface area contributed by atoms with Gasteiger partial charge in [-0.1, -0.05) is 20.3 Å². The normalized spacial score (nSPS) is 35.1. The quantitative estimate of drug-likeness (QED) is 0.810. The highest BCUT2D eigenvalue weighted by molar-refractivity contribution is 4.85. The van der Waals surface area contributed by atoms with Crippen LogP contribution in [-0.4, -0.2) is 36.6 Å². The zero-order valence-corrected chi connectivity index (χ0v) is 11.8. The fraction of sp³-hybridized carbons (Fsp3) is 1.00. The summed E-state index contributed by atoms with van der Waals surface area (Å²) in [6.45, 7) is 8.40. The van der Waals surface area contributed by atoms with Crippen LogP contribution in [0.15, 0.2) is 0 Å². The second kappa shape index (κ2) is 6.75. The van der Waals surface area contributed by atoms with E-state index < -0.39 is 0 Å². The Morgan fingerprint density at radius 3 is 2.29 bits per heavy atom. The first-order valence-electron chi connectivity index (χ1n) is 7.81. The van der Waals surface area contributed by atoms with Crippen molar-refractivity contribution in [1.29, 1.82) is 0 Å². The van der Waals surface area contributed by atoms with E-state index in [1.54, 1.807) is 0 Å². The molecule has 0 aromatic carbocycles. The maximum atomic E-state index is 3.57. The highest BCUT2D eigenvalue weighted by Gasteiger charge is 2.29. The highest BCUT2D eigenvalue weighted by atomic mass is 15.2. The Morgan fingerprint density at radius 2 is 1.76 bits per heavy atom. The molecule has 0 radical (unpaired) electrons. The van der Waals surface area contributed by atoms with Crippen molar-refractivity contribution in [3.63, 3.8) is 0 Å². The molecular weight excluding hydrogens is 208 g/mol. The van der Waals surface area contributed by atoms with E-state index in [4.69, 9.17) is 0 Å². The molecule has 0 aromatic heterocycles. The maximum Gasteiger partial charge on any atom is 0.0223 e. The second-order valence-electron chi connectivity index (χ2n) is 5.91. The number of nitrogens with zero attached hydrogens (tertiary/aromatic N) is 1. The number of hydrogen-bond acceptors (Lipinski definition) is 2. The standard InChI is InChI=1S/C15H30N2/c1-3-13-7-9-14(10-8-13)17(4-2)15-6-5-11-16-12-15/h13-16H,3-12H2,1-2H3. The van der Waals surface area contributed by atoms with Gasteiger partial charge in [0.05, 0.1) is 0 Å². The van der Waals surface area contributed by atoms with Crippen molar-refractivity contribution in [2.75, 3.05) is 19.6 Å². The third-order valence-corrected chi connectivity index (χ3v) is 4.97. The lowest BCUT2D eigenvalue weighted by atomic mass is 9.83. The number of rotatable bonds is 4. The molecule has 0 spiro atoms. The maximum absolute atomic E-state index is 3.57. The van der Waals surface area contributed by atoms with Gasteiger partial charge in [-0.05, 0) is 57.5 Å². The van der Waals surface area contributed by atoms with E-state index in [1.165, 1.54) is 64.6 Å². The average Bonchev–Trinajstić information content (AvgIpc) is 2.42. The Bertz CT molecular complexity index is 203. The molecule has 1 atom stereocenters. The zero-order valence-electron chi connectivity index (χ0n) is 11.8. The fourth-order valence-electron chi connectivity index (χ4n) is 3.82. The van der Waals surface area contributed by atoms with Crippen LogP contribution in [-0.2, 0) is 0 Å². The Hall–Kier alpha value is -0.0800. The van der Waals surface area contributed by atoms with Crippen LogP contribution in [0.2, 0.25) is 0 Å². The number of likely N-dealkylation sites (N-methyl/N-ethyl adjacent to an activating group) is 1. The molecule has 1 unspecified atom stereocenters. The molecule has 1 aliphatic heterocycles. The third kappa shape index (κ3) is 3.45. The van der Waals surface area contributed by atoms with Crippen LogP contribution in [0.3, 0.4) is 0 Å². The van der Waals surface area contributed by atoms with E-state index in [2.05, 4.69) is 24.1 Å². The molecule has 1 saturated heterocycles. The summed E-state index contributed by atoms with van der Waals surface area (Å²) < 4.78 is 0. The molecule has 0 bridgehead atoms. The minimum Gasteiger partial charge on any atom is -0.315 e. The Kier molecular flexibility index (Phi) is 5.30. The smallest absolute Gasteiger partial charge is 0.0223 e. The summed E-state index contributed by atoms with van der Waals surface area (Å²) in [5.41, 5.74) is 0. The minimum atomic E-state index is 0.817. The van der Waals surface area contributed by atoms with Gasteiger partial charge >= 0.3 is 0 Å². The van der Waals surface area contributed by atoms with Gasteiger partial charge in [0.15, 0.2) is 0 Å². The molecule has 2 fully saturated rings. The molecule has 100 valence electrons. The predicted octanol–water partition coefficient (Wildman–Crippen LogP) is 3.03. The van der Waals surface area contributed by atoms with Gasteiger partial charge in [0.25, 0.3) is 0 Å². The summed E-state index contributed by atoms with van der Waals surface area (Å²) in [6.07, 6.45) is 10.0. The van der Waals surface area contributed by atoms with Gasteiger partial charge in [-0.3, -0.25) is 4.90 Å². The van der Waals surface area contributed by atoms with Crippen molar-refractivity contribution in [3.8, 4) is 0 Å².